The predicted octanol–water partition coefficient (Wildman–Crippen LogP) is 1.88. The van der Waals surface area contributed by atoms with E-state index in [0.717, 1.165) is 37.0 Å². The number of carbonyl (C=O) groups is 1. The Bertz CT molecular complexity index is 599. The molecule has 1 fully saturated rings. The fourth-order valence-electron chi connectivity index (χ4n) is 2.40. The molecule has 1 aromatic rings. The number of nitrogens with zero attached hydrogens (tertiary/aromatic N) is 1. The number of carbonyl (C=O) groups excluding carboxylic acids is 1. The first-order chi connectivity index (χ1) is 9.97. The van der Waals surface area contributed by atoms with Crippen molar-refractivity contribution in [3.63, 3.8) is 0 Å². The van der Waals surface area contributed by atoms with E-state index in [0.29, 0.717) is 5.25 Å². The minimum atomic E-state index is -3.74. The van der Waals surface area contributed by atoms with Crippen LogP contribution < -0.4 is 4.72 Å². The van der Waals surface area contributed by atoms with Crippen LogP contribution in [0, 0.1) is 0 Å². The maximum Gasteiger partial charge on any atom is 0.358 e. The van der Waals surface area contributed by atoms with Crippen LogP contribution in [0.3, 0.4) is 0 Å². The summed E-state index contributed by atoms with van der Waals surface area (Å²) in [5.41, 5.74) is 1.19. The summed E-state index contributed by atoms with van der Waals surface area (Å²) < 4.78 is 32.1. The van der Waals surface area contributed by atoms with Crippen LogP contribution in [0.5, 0.6) is 0 Å². The fraction of sp³-hybridized carbons (Fsp3) is 0.667. The smallest absolute Gasteiger partial charge is 0.358 e. The molecule has 0 radical (unpaired) electrons. The molecule has 0 spiro atoms. The van der Waals surface area contributed by atoms with Crippen LogP contribution in [-0.4, -0.2) is 44.0 Å². The Kier molecular flexibility index (Phi) is 5.64. The number of aromatic nitrogens is 1. The summed E-state index contributed by atoms with van der Waals surface area (Å²) in [4.78, 5) is 15.4. The number of sulfonamides is 1. The molecule has 0 bridgehead atoms. The Hall–Kier alpha value is -0.640. The SMILES string of the molecule is COC(=O)c1ncsc1S(=O)(=O)NC1CCCC(SC)C1. The van der Waals surface area contributed by atoms with Gasteiger partial charge >= 0.3 is 5.97 Å². The molecule has 2 rings (SSSR count). The van der Waals surface area contributed by atoms with Crippen LogP contribution in [0.2, 0.25) is 0 Å². The molecule has 2 unspecified atom stereocenters. The van der Waals surface area contributed by atoms with Gasteiger partial charge in [0.1, 0.15) is 0 Å². The lowest BCUT2D eigenvalue weighted by Gasteiger charge is -2.28. The average molecular weight is 350 g/mol. The topological polar surface area (TPSA) is 85.4 Å². The van der Waals surface area contributed by atoms with E-state index in [-0.39, 0.29) is 15.9 Å². The molecule has 1 heterocycles. The highest BCUT2D eigenvalue weighted by Gasteiger charge is 2.30. The number of ether oxygens (including phenoxy) is 1. The minimum Gasteiger partial charge on any atom is -0.464 e. The zero-order valence-electron chi connectivity index (χ0n) is 11.9. The van der Waals surface area contributed by atoms with Crippen molar-refractivity contribution < 1.29 is 17.9 Å². The van der Waals surface area contributed by atoms with E-state index in [2.05, 4.69) is 14.4 Å². The maximum atomic E-state index is 12.4. The number of thioether (sulfide) groups is 1. The number of hydrogen-bond acceptors (Lipinski definition) is 7. The average Bonchev–Trinajstić information content (AvgIpc) is 2.96. The second-order valence-corrected chi connectivity index (χ2v) is 8.72. The van der Waals surface area contributed by atoms with Crippen LogP contribution in [0.25, 0.3) is 0 Å². The molecule has 6 nitrogen and oxygen atoms in total. The summed E-state index contributed by atoms with van der Waals surface area (Å²) in [6.45, 7) is 0. The Morgan fingerprint density at radius 3 is 2.95 bits per heavy atom. The number of hydrogen-bond donors (Lipinski definition) is 1. The molecule has 1 saturated carbocycles. The Labute approximate surface area is 132 Å². The largest absolute Gasteiger partial charge is 0.464 e. The first-order valence-corrected chi connectivity index (χ1v) is 10.2. The van der Waals surface area contributed by atoms with Gasteiger partial charge in [0.2, 0.25) is 0 Å². The second kappa shape index (κ2) is 7.08. The second-order valence-electron chi connectivity index (χ2n) is 4.82. The summed E-state index contributed by atoms with van der Waals surface area (Å²) in [7, 11) is -2.53. The summed E-state index contributed by atoms with van der Waals surface area (Å²) in [6.07, 6.45) is 5.80. The molecule has 0 aromatic carbocycles. The van der Waals surface area contributed by atoms with E-state index in [1.807, 2.05) is 6.26 Å². The molecular weight excluding hydrogens is 332 g/mol. The Morgan fingerprint density at radius 2 is 2.29 bits per heavy atom. The summed E-state index contributed by atoms with van der Waals surface area (Å²) in [5, 5.41) is 0.480. The first kappa shape index (κ1) is 16.7. The lowest BCUT2D eigenvalue weighted by molar-refractivity contribution is 0.0590. The van der Waals surface area contributed by atoms with Gasteiger partial charge < -0.3 is 4.74 Å². The van der Waals surface area contributed by atoms with Crippen molar-refractivity contribution in [1.29, 1.82) is 0 Å². The van der Waals surface area contributed by atoms with E-state index in [1.165, 1.54) is 12.6 Å². The molecule has 2 atom stereocenters. The van der Waals surface area contributed by atoms with Crippen molar-refractivity contribution in [1.82, 2.24) is 9.71 Å². The van der Waals surface area contributed by atoms with E-state index in [1.54, 1.807) is 11.8 Å². The number of nitrogens with one attached hydrogen (secondary N) is 1. The maximum absolute atomic E-state index is 12.4. The number of thiazole rings is 1. The van der Waals surface area contributed by atoms with Gasteiger partial charge in [0.25, 0.3) is 10.0 Å². The van der Waals surface area contributed by atoms with Gasteiger partial charge in [0.15, 0.2) is 9.90 Å². The molecule has 0 aliphatic heterocycles. The minimum absolute atomic E-state index is 0.0689. The molecule has 1 aromatic heterocycles. The van der Waals surface area contributed by atoms with Gasteiger partial charge in [-0.1, -0.05) is 6.42 Å². The van der Waals surface area contributed by atoms with Gasteiger partial charge in [-0.05, 0) is 25.5 Å². The quantitative estimate of drug-likeness (QED) is 0.816. The van der Waals surface area contributed by atoms with Crippen LogP contribution >= 0.6 is 23.1 Å². The highest BCUT2D eigenvalue weighted by atomic mass is 32.2. The summed E-state index contributed by atoms with van der Waals surface area (Å²) in [5.74, 6) is -0.734. The fourth-order valence-corrected chi connectivity index (χ4v) is 5.66. The van der Waals surface area contributed by atoms with Crippen molar-refractivity contribution >= 4 is 39.1 Å². The Morgan fingerprint density at radius 1 is 1.52 bits per heavy atom. The standard InChI is InChI=1S/C12H18N2O4S3/c1-18-11(15)10-12(20-7-13-10)21(16,17)14-8-4-3-5-9(6-8)19-2/h7-9,14H,3-6H2,1-2H3. The third-order valence-corrected chi connectivity index (χ3v) is 7.42. The first-order valence-electron chi connectivity index (χ1n) is 6.55. The summed E-state index contributed by atoms with van der Waals surface area (Å²) in [6, 6.07) is -0.0891. The van der Waals surface area contributed by atoms with Crippen LogP contribution in [0.15, 0.2) is 9.72 Å². The lowest BCUT2D eigenvalue weighted by atomic mass is 9.96. The van der Waals surface area contributed by atoms with Crippen molar-refractivity contribution in [3.8, 4) is 0 Å². The third kappa shape index (κ3) is 3.97. The summed E-state index contributed by atoms with van der Waals surface area (Å²) >= 11 is 2.69. The molecule has 1 aliphatic carbocycles. The molecule has 1 aliphatic rings. The molecule has 0 saturated heterocycles. The Balaban J connectivity index is 2.15. The molecule has 21 heavy (non-hydrogen) atoms. The van der Waals surface area contributed by atoms with Crippen LogP contribution in [-0.2, 0) is 14.8 Å². The molecule has 1 N–H and O–H groups in total. The zero-order chi connectivity index (χ0) is 15.5. The van der Waals surface area contributed by atoms with E-state index < -0.39 is 16.0 Å². The normalized spacial score (nSPS) is 23.0. The van der Waals surface area contributed by atoms with E-state index >= 15 is 0 Å². The number of methoxy groups -OCH3 is 1. The van der Waals surface area contributed by atoms with Gasteiger partial charge in [-0.25, -0.2) is 22.9 Å². The number of rotatable bonds is 5. The van der Waals surface area contributed by atoms with Crippen molar-refractivity contribution in [3.05, 3.63) is 11.2 Å². The van der Waals surface area contributed by atoms with E-state index in [4.69, 9.17) is 0 Å². The lowest BCUT2D eigenvalue weighted by Crippen LogP contribution is -2.39. The van der Waals surface area contributed by atoms with Crippen LogP contribution in [0.4, 0.5) is 0 Å². The highest BCUT2D eigenvalue weighted by Crippen LogP contribution is 2.29. The predicted molar refractivity (Wildman–Crippen MR) is 83.3 cm³/mol. The highest BCUT2D eigenvalue weighted by molar-refractivity contribution is 7.99. The van der Waals surface area contributed by atoms with Gasteiger partial charge in [0, 0.05) is 11.3 Å². The molecular formula is C12H18N2O4S3. The molecule has 0 amide bonds. The van der Waals surface area contributed by atoms with E-state index in [9.17, 15) is 13.2 Å². The monoisotopic (exact) mass is 350 g/mol. The molecule has 9 heteroatoms. The van der Waals surface area contributed by atoms with Gasteiger partial charge in [-0.2, -0.15) is 11.8 Å². The van der Waals surface area contributed by atoms with Gasteiger partial charge in [-0.3, -0.25) is 0 Å². The van der Waals surface area contributed by atoms with Crippen molar-refractivity contribution in [2.75, 3.05) is 13.4 Å². The molecule has 118 valence electrons. The van der Waals surface area contributed by atoms with Crippen molar-refractivity contribution in [2.45, 2.75) is 41.2 Å². The third-order valence-electron chi connectivity index (χ3n) is 3.44. The van der Waals surface area contributed by atoms with Gasteiger partial charge in [-0.15, -0.1) is 11.3 Å². The van der Waals surface area contributed by atoms with Gasteiger partial charge in [0.05, 0.1) is 12.6 Å². The zero-order valence-corrected chi connectivity index (χ0v) is 14.3. The van der Waals surface area contributed by atoms with Crippen molar-refractivity contribution in [2.24, 2.45) is 0 Å². The van der Waals surface area contributed by atoms with Crippen LogP contribution in [0.1, 0.15) is 36.2 Å². The number of esters is 1.